The fourth-order valence-electron chi connectivity index (χ4n) is 5.99. The number of piperidine rings is 1. The first-order chi connectivity index (χ1) is 16.8. The van der Waals surface area contributed by atoms with Crippen molar-refractivity contribution in [2.75, 3.05) is 13.7 Å². The Kier molecular flexibility index (Phi) is 6.36. The van der Waals surface area contributed by atoms with E-state index in [9.17, 15) is 14.7 Å². The molecular formula is C28H30ClNO5. The summed E-state index contributed by atoms with van der Waals surface area (Å²) in [5.41, 5.74) is 1.21. The molecule has 2 heterocycles. The highest BCUT2D eigenvalue weighted by Crippen LogP contribution is 2.49. The normalized spacial score (nSPS) is 24.3. The van der Waals surface area contributed by atoms with Gasteiger partial charge in [-0.2, -0.15) is 0 Å². The van der Waals surface area contributed by atoms with Gasteiger partial charge in [0.2, 0.25) is 5.91 Å². The quantitative estimate of drug-likeness (QED) is 0.503. The SMILES string of the molecule is COc1ccc2c(C)c(CC(=O)N3CC[C@]4(O)CCCC[C@H]4[C@@H]3c3ccc(Cl)cc3)c(=O)oc2c1. The van der Waals surface area contributed by atoms with E-state index < -0.39 is 11.2 Å². The summed E-state index contributed by atoms with van der Waals surface area (Å²) in [6.07, 6.45) is 4.11. The second-order valence-corrected chi connectivity index (χ2v) is 10.3. The molecule has 0 spiro atoms. The summed E-state index contributed by atoms with van der Waals surface area (Å²) >= 11 is 6.14. The number of carbonyl (C=O) groups excluding carboxylic acids is 1. The molecule has 1 aromatic heterocycles. The predicted octanol–water partition coefficient (Wildman–Crippen LogP) is 5.20. The standard InChI is InChI=1S/C28H30ClNO5/c1-17-21-11-10-20(34-2)15-24(21)35-27(32)22(17)16-25(31)30-14-13-28(33)12-4-3-5-23(28)26(30)18-6-8-19(29)9-7-18/h6-11,15,23,26,33H,3-5,12-14,16H2,1-2H3/t23-,26-,28+/m0/s1. The maximum Gasteiger partial charge on any atom is 0.340 e. The number of benzene rings is 2. The lowest BCUT2D eigenvalue weighted by Crippen LogP contribution is -2.56. The van der Waals surface area contributed by atoms with Crippen molar-refractivity contribution in [3.05, 3.63) is 74.6 Å². The van der Waals surface area contributed by atoms with Crippen LogP contribution in [0.15, 0.2) is 51.7 Å². The summed E-state index contributed by atoms with van der Waals surface area (Å²) in [4.78, 5) is 28.5. The molecule has 7 heteroatoms. The molecule has 0 unspecified atom stereocenters. The van der Waals surface area contributed by atoms with Gasteiger partial charge >= 0.3 is 5.63 Å². The number of carbonyl (C=O) groups is 1. The molecule has 1 N–H and O–H groups in total. The van der Waals surface area contributed by atoms with Gasteiger partial charge < -0.3 is 19.2 Å². The zero-order valence-corrected chi connectivity index (χ0v) is 20.8. The van der Waals surface area contributed by atoms with Gasteiger partial charge in [-0.25, -0.2) is 4.79 Å². The maximum absolute atomic E-state index is 13.8. The second kappa shape index (κ2) is 9.32. The van der Waals surface area contributed by atoms with Gasteiger partial charge in [0, 0.05) is 28.9 Å². The Bertz CT molecular complexity index is 1320. The van der Waals surface area contributed by atoms with Gasteiger partial charge in [-0.1, -0.05) is 36.6 Å². The Balaban J connectivity index is 1.50. The van der Waals surface area contributed by atoms with E-state index in [4.69, 9.17) is 20.8 Å². The van der Waals surface area contributed by atoms with Crippen LogP contribution in [0.5, 0.6) is 5.75 Å². The van der Waals surface area contributed by atoms with E-state index in [1.165, 1.54) is 0 Å². The number of ether oxygens (including phenoxy) is 1. The summed E-state index contributed by atoms with van der Waals surface area (Å²) in [7, 11) is 1.56. The van der Waals surface area contributed by atoms with Crippen LogP contribution in [0.25, 0.3) is 11.0 Å². The lowest BCUT2D eigenvalue weighted by molar-refractivity contribution is -0.154. The molecule has 184 valence electrons. The molecule has 1 saturated heterocycles. The summed E-state index contributed by atoms with van der Waals surface area (Å²) in [5.74, 6) is 0.403. The summed E-state index contributed by atoms with van der Waals surface area (Å²) < 4.78 is 10.8. The number of methoxy groups -OCH3 is 1. The number of aliphatic hydroxyl groups is 1. The minimum Gasteiger partial charge on any atom is -0.497 e. The second-order valence-electron chi connectivity index (χ2n) is 9.82. The van der Waals surface area contributed by atoms with Crippen molar-refractivity contribution in [2.45, 2.75) is 57.1 Å². The molecule has 1 saturated carbocycles. The van der Waals surface area contributed by atoms with Crippen molar-refractivity contribution >= 4 is 28.5 Å². The minimum absolute atomic E-state index is 0.0502. The summed E-state index contributed by atoms with van der Waals surface area (Å²) in [6.45, 7) is 2.29. The number of rotatable bonds is 4. The molecule has 0 radical (unpaired) electrons. The van der Waals surface area contributed by atoms with E-state index in [2.05, 4.69) is 0 Å². The molecule has 0 bridgehead atoms. The first-order valence-electron chi connectivity index (χ1n) is 12.2. The fourth-order valence-corrected chi connectivity index (χ4v) is 6.12. The molecule has 6 nitrogen and oxygen atoms in total. The summed E-state index contributed by atoms with van der Waals surface area (Å²) in [6, 6.07) is 12.6. The van der Waals surface area contributed by atoms with Crippen LogP contribution in [0.2, 0.25) is 5.02 Å². The summed E-state index contributed by atoms with van der Waals surface area (Å²) in [5, 5.41) is 12.9. The molecule has 2 aromatic carbocycles. The number of aryl methyl sites for hydroxylation is 1. The Morgan fingerprint density at radius 2 is 1.97 bits per heavy atom. The number of halogens is 1. The molecule has 3 atom stereocenters. The number of fused-ring (bicyclic) bond motifs is 2. The van der Waals surface area contributed by atoms with Crippen LogP contribution in [-0.2, 0) is 11.2 Å². The lowest BCUT2D eigenvalue weighted by Gasteiger charge is -2.52. The van der Waals surface area contributed by atoms with Gasteiger partial charge in [0.1, 0.15) is 11.3 Å². The predicted molar refractivity (Wildman–Crippen MR) is 135 cm³/mol. The third-order valence-corrected chi connectivity index (χ3v) is 8.17. The van der Waals surface area contributed by atoms with Crippen molar-refractivity contribution in [2.24, 2.45) is 5.92 Å². The number of nitrogens with zero attached hydrogens (tertiary/aromatic N) is 1. The van der Waals surface area contributed by atoms with Crippen LogP contribution in [0.3, 0.4) is 0 Å². The van der Waals surface area contributed by atoms with E-state index in [1.807, 2.05) is 48.2 Å². The Hall–Kier alpha value is -2.83. The van der Waals surface area contributed by atoms with Crippen LogP contribution < -0.4 is 10.4 Å². The highest BCUT2D eigenvalue weighted by molar-refractivity contribution is 6.30. The minimum atomic E-state index is -0.781. The first-order valence-corrected chi connectivity index (χ1v) is 12.6. The highest BCUT2D eigenvalue weighted by atomic mass is 35.5. The molecule has 1 aliphatic carbocycles. The monoisotopic (exact) mass is 495 g/mol. The molecule has 1 aliphatic heterocycles. The number of hydrogen-bond acceptors (Lipinski definition) is 5. The van der Waals surface area contributed by atoms with Crippen LogP contribution in [0.4, 0.5) is 0 Å². The fraction of sp³-hybridized carbons (Fsp3) is 0.429. The smallest absolute Gasteiger partial charge is 0.340 e. The molecule has 35 heavy (non-hydrogen) atoms. The van der Waals surface area contributed by atoms with Crippen molar-refractivity contribution in [1.82, 2.24) is 4.90 Å². The highest BCUT2D eigenvalue weighted by Gasteiger charge is 2.50. The van der Waals surface area contributed by atoms with Crippen molar-refractivity contribution in [1.29, 1.82) is 0 Å². The van der Waals surface area contributed by atoms with Gasteiger partial charge in [0.25, 0.3) is 0 Å². The largest absolute Gasteiger partial charge is 0.497 e. The van der Waals surface area contributed by atoms with Gasteiger partial charge in [-0.05, 0) is 61.6 Å². The van der Waals surface area contributed by atoms with E-state index in [0.29, 0.717) is 34.9 Å². The van der Waals surface area contributed by atoms with Crippen molar-refractivity contribution < 1.29 is 19.1 Å². The van der Waals surface area contributed by atoms with Crippen molar-refractivity contribution in [3.63, 3.8) is 0 Å². The van der Waals surface area contributed by atoms with Gasteiger partial charge in [0.15, 0.2) is 0 Å². The number of amides is 1. The molecule has 5 rings (SSSR count). The van der Waals surface area contributed by atoms with Gasteiger partial charge in [-0.15, -0.1) is 0 Å². The average molecular weight is 496 g/mol. The Morgan fingerprint density at radius 1 is 1.20 bits per heavy atom. The van der Waals surface area contributed by atoms with E-state index in [-0.39, 0.29) is 24.3 Å². The van der Waals surface area contributed by atoms with Gasteiger partial charge in [-0.3, -0.25) is 4.79 Å². The zero-order valence-electron chi connectivity index (χ0n) is 20.1. The van der Waals surface area contributed by atoms with Crippen molar-refractivity contribution in [3.8, 4) is 5.75 Å². The Labute approximate surface area is 209 Å². The molecular weight excluding hydrogens is 466 g/mol. The molecule has 2 fully saturated rings. The maximum atomic E-state index is 13.8. The number of likely N-dealkylation sites (tertiary alicyclic amines) is 1. The Morgan fingerprint density at radius 3 is 2.71 bits per heavy atom. The zero-order chi connectivity index (χ0) is 24.7. The van der Waals surface area contributed by atoms with Gasteiger partial charge in [0.05, 0.1) is 30.7 Å². The number of hydrogen-bond donors (Lipinski definition) is 1. The van der Waals surface area contributed by atoms with E-state index in [0.717, 1.165) is 42.2 Å². The molecule has 3 aromatic rings. The van der Waals surface area contributed by atoms with Crippen LogP contribution >= 0.6 is 11.6 Å². The topological polar surface area (TPSA) is 80.0 Å². The van der Waals surface area contributed by atoms with Crippen LogP contribution in [0.1, 0.15) is 54.8 Å². The third-order valence-electron chi connectivity index (χ3n) is 7.92. The molecule has 1 amide bonds. The third kappa shape index (κ3) is 4.34. The van der Waals surface area contributed by atoms with Crippen LogP contribution in [0, 0.1) is 12.8 Å². The lowest BCUT2D eigenvalue weighted by atomic mass is 9.66. The van der Waals surface area contributed by atoms with Crippen LogP contribution in [-0.4, -0.2) is 35.2 Å². The average Bonchev–Trinajstić information content (AvgIpc) is 2.85. The van der Waals surface area contributed by atoms with E-state index in [1.54, 1.807) is 13.2 Å². The molecule has 2 aliphatic rings. The first kappa shape index (κ1) is 23.9. The van der Waals surface area contributed by atoms with E-state index >= 15 is 0 Å².